The second kappa shape index (κ2) is 5.77. The Hall–Kier alpha value is -1.65. The van der Waals surface area contributed by atoms with Gasteiger partial charge in [-0.1, -0.05) is 13.0 Å². The van der Waals surface area contributed by atoms with E-state index in [-0.39, 0.29) is 18.0 Å². The third-order valence-corrected chi connectivity index (χ3v) is 4.00. The van der Waals surface area contributed by atoms with Crippen LogP contribution in [0.25, 0.3) is 0 Å². The molecule has 0 N–H and O–H groups in total. The van der Waals surface area contributed by atoms with Gasteiger partial charge in [0.1, 0.15) is 5.92 Å². The van der Waals surface area contributed by atoms with E-state index in [0.717, 1.165) is 19.3 Å². The summed E-state index contributed by atoms with van der Waals surface area (Å²) in [6, 6.07) is 0. The van der Waals surface area contributed by atoms with Gasteiger partial charge in [0.2, 0.25) is 0 Å². The number of carbonyl (C=O) groups is 3. The van der Waals surface area contributed by atoms with Crippen LogP contribution in [0.5, 0.6) is 0 Å². The number of rotatable bonds is 4. The van der Waals surface area contributed by atoms with E-state index in [9.17, 15) is 14.4 Å². The molecular weight excluding hydrogens is 260 g/mol. The minimum absolute atomic E-state index is 0.261. The van der Waals surface area contributed by atoms with Gasteiger partial charge in [-0.25, -0.2) is 4.79 Å². The van der Waals surface area contributed by atoms with Crippen molar-refractivity contribution >= 4 is 17.7 Å². The topological polar surface area (TPSA) is 69.7 Å². The number of Topliss-reactive ketones (excluding diaryl/α,β-unsaturated/α-hetero) is 1. The molecule has 0 aromatic rings. The number of hydrogen-bond acceptors (Lipinski definition) is 5. The Bertz CT molecular complexity index is 445. The largest absolute Gasteiger partial charge is 0.465 e. The second-order valence-electron chi connectivity index (χ2n) is 5.60. The number of cyclic esters (lactones) is 1. The summed E-state index contributed by atoms with van der Waals surface area (Å²) in [5, 5.41) is 0. The molecule has 1 aliphatic heterocycles. The lowest BCUT2D eigenvalue weighted by molar-refractivity contribution is -0.171. The summed E-state index contributed by atoms with van der Waals surface area (Å²) in [6.45, 7) is 5.36. The molecule has 0 spiro atoms. The summed E-state index contributed by atoms with van der Waals surface area (Å²) in [6.07, 6.45) is 3.98. The lowest BCUT2D eigenvalue weighted by Crippen LogP contribution is -2.49. The van der Waals surface area contributed by atoms with E-state index >= 15 is 0 Å². The molecule has 5 heteroatoms. The van der Waals surface area contributed by atoms with Gasteiger partial charge in [0.15, 0.2) is 11.4 Å². The van der Waals surface area contributed by atoms with E-state index in [0.29, 0.717) is 19.3 Å². The number of esters is 2. The van der Waals surface area contributed by atoms with Crippen molar-refractivity contribution in [3.8, 4) is 0 Å². The molecule has 0 radical (unpaired) electrons. The first-order valence-corrected chi connectivity index (χ1v) is 7.06. The van der Waals surface area contributed by atoms with Crippen molar-refractivity contribution in [2.45, 2.75) is 51.0 Å². The first-order chi connectivity index (χ1) is 9.46. The molecule has 0 bridgehead atoms. The average Bonchev–Trinajstić information content (AvgIpc) is 2.85. The van der Waals surface area contributed by atoms with E-state index in [1.54, 1.807) is 6.92 Å². The number of carbonyl (C=O) groups excluding carboxylic acids is 3. The first kappa shape index (κ1) is 14.8. The van der Waals surface area contributed by atoms with Crippen molar-refractivity contribution in [3.05, 3.63) is 12.2 Å². The SMILES string of the molecule is C=C(C)C(=O)OC1(C(=O)C2CCOC2=O)CCCCC1. The van der Waals surface area contributed by atoms with Crippen LogP contribution in [0.1, 0.15) is 45.4 Å². The van der Waals surface area contributed by atoms with E-state index in [2.05, 4.69) is 6.58 Å². The summed E-state index contributed by atoms with van der Waals surface area (Å²) in [5.41, 5.74) is -0.903. The Labute approximate surface area is 118 Å². The van der Waals surface area contributed by atoms with Gasteiger partial charge < -0.3 is 9.47 Å². The van der Waals surface area contributed by atoms with E-state index in [1.807, 2.05) is 0 Å². The van der Waals surface area contributed by atoms with Gasteiger partial charge in [-0.15, -0.1) is 0 Å². The summed E-state index contributed by atoms with van der Waals surface area (Å²) >= 11 is 0. The average molecular weight is 280 g/mol. The fourth-order valence-electron chi connectivity index (χ4n) is 2.84. The van der Waals surface area contributed by atoms with Gasteiger partial charge in [-0.3, -0.25) is 9.59 Å². The quantitative estimate of drug-likeness (QED) is 0.447. The maximum Gasteiger partial charge on any atom is 0.334 e. The van der Waals surface area contributed by atoms with Gasteiger partial charge in [0.05, 0.1) is 6.61 Å². The number of ether oxygens (including phenoxy) is 2. The Morgan fingerprint density at radius 3 is 2.45 bits per heavy atom. The van der Waals surface area contributed by atoms with Crippen LogP contribution in [0.4, 0.5) is 0 Å². The molecule has 1 saturated heterocycles. The molecule has 1 saturated carbocycles. The molecule has 2 rings (SSSR count). The Morgan fingerprint density at radius 2 is 1.95 bits per heavy atom. The number of hydrogen-bond donors (Lipinski definition) is 0. The van der Waals surface area contributed by atoms with Gasteiger partial charge in [0.25, 0.3) is 0 Å². The molecule has 0 aromatic carbocycles. The standard InChI is InChI=1S/C15H20O5/c1-10(2)13(17)20-15(7-4-3-5-8-15)12(16)11-6-9-19-14(11)18/h11H,1,3-9H2,2H3. The van der Waals surface area contributed by atoms with Crippen LogP contribution < -0.4 is 0 Å². The predicted octanol–water partition coefficient (Wildman–Crippen LogP) is 1.94. The molecule has 0 amide bonds. The maximum absolute atomic E-state index is 12.7. The zero-order chi connectivity index (χ0) is 14.8. The van der Waals surface area contributed by atoms with Crippen LogP contribution in [-0.2, 0) is 23.9 Å². The van der Waals surface area contributed by atoms with Crippen molar-refractivity contribution in [3.63, 3.8) is 0 Å². The van der Waals surface area contributed by atoms with Gasteiger partial charge in [-0.2, -0.15) is 0 Å². The van der Waals surface area contributed by atoms with Gasteiger partial charge in [0, 0.05) is 12.0 Å². The molecule has 1 heterocycles. The highest BCUT2D eigenvalue weighted by Gasteiger charge is 2.49. The summed E-state index contributed by atoms with van der Waals surface area (Å²) in [5.74, 6) is -2.14. The fraction of sp³-hybridized carbons (Fsp3) is 0.667. The fourth-order valence-corrected chi connectivity index (χ4v) is 2.84. The molecule has 0 aromatic heterocycles. The van der Waals surface area contributed by atoms with Crippen LogP contribution in [0, 0.1) is 5.92 Å². The zero-order valence-electron chi connectivity index (χ0n) is 11.8. The van der Waals surface area contributed by atoms with Crippen LogP contribution in [0.15, 0.2) is 12.2 Å². The Kier molecular flexibility index (Phi) is 4.26. The summed E-state index contributed by atoms with van der Waals surface area (Å²) in [4.78, 5) is 36.1. The molecule has 2 aliphatic rings. The Balaban J connectivity index is 2.21. The predicted molar refractivity (Wildman–Crippen MR) is 70.8 cm³/mol. The third kappa shape index (κ3) is 2.76. The molecule has 5 nitrogen and oxygen atoms in total. The molecule has 1 aliphatic carbocycles. The van der Waals surface area contributed by atoms with Crippen molar-refractivity contribution in [1.29, 1.82) is 0 Å². The third-order valence-electron chi connectivity index (χ3n) is 4.00. The minimum Gasteiger partial charge on any atom is -0.465 e. The van der Waals surface area contributed by atoms with Crippen LogP contribution >= 0.6 is 0 Å². The lowest BCUT2D eigenvalue weighted by Gasteiger charge is -2.36. The zero-order valence-corrected chi connectivity index (χ0v) is 11.8. The van der Waals surface area contributed by atoms with E-state index in [1.165, 1.54) is 0 Å². The molecule has 1 atom stereocenters. The van der Waals surface area contributed by atoms with Crippen molar-refractivity contribution < 1.29 is 23.9 Å². The first-order valence-electron chi connectivity index (χ1n) is 7.06. The molecule has 20 heavy (non-hydrogen) atoms. The van der Waals surface area contributed by atoms with Crippen molar-refractivity contribution in [1.82, 2.24) is 0 Å². The summed E-state index contributed by atoms with van der Waals surface area (Å²) in [7, 11) is 0. The van der Waals surface area contributed by atoms with Crippen LogP contribution in [0.2, 0.25) is 0 Å². The maximum atomic E-state index is 12.7. The molecule has 2 fully saturated rings. The monoisotopic (exact) mass is 280 g/mol. The highest BCUT2D eigenvalue weighted by molar-refractivity contribution is 6.05. The highest BCUT2D eigenvalue weighted by atomic mass is 16.6. The highest BCUT2D eigenvalue weighted by Crippen LogP contribution is 2.37. The van der Waals surface area contributed by atoms with Crippen molar-refractivity contribution in [2.24, 2.45) is 5.92 Å². The number of ketones is 1. The van der Waals surface area contributed by atoms with Crippen LogP contribution in [-0.4, -0.2) is 29.9 Å². The summed E-state index contributed by atoms with van der Waals surface area (Å²) < 4.78 is 10.3. The van der Waals surface area contributed by atoms with E-state index in [4.69, 9.17) is 9.47 Å². The molecular formula is C15H20O5. The second-order valence-corrected chi connectivity index (χ2v) is 5.60. The minimum atomic E-state index is -1.16. The van der Waals surface area contributed by atoms with Crippen molar-refractivity contribution in [2.75, 3.05) is 6.61 Å². The lowest BCUT2D eigenvalue weighted by atomic mass is 9.77. The van der Waals surface area contributed by atoms with E-state index < -0.39 is 23.5 Å². The van der Waals surface area contributed by atoms with Gasteiger partial charge in [-0.05, 0) is 32.6 Å². The van der Waals surface area contributed by atoms with Gasteiger partial charge >= 0.3 is 11.9 Å². The molecule has 110 valence electrons. The molecule has 1 unspecified atom stereocenters. The Morgan fingerprint density at radius 1 is 1.30 bits per heavy atom. The van der Waals surface area contributed by atoms with Crippen LogP contribution in [0.3, 0.4) is 0 Å². The normalized spacial score (nSPS) is 24.9. The smallest absolute Gasteiger partial charge is 0.334 e.